The van der Waals surface area contributed by atoms with Gasteiger partial charge in [0.2, 0.25) is 0 Å². The molecule has 9 heteroatoms. The third-order valence-electron chi connectivity index (χ3n) is 4.55. The second-order valence-corrected chi connectivity index (χ2v) is 7.46. The van der Waals surface area contributed by atoms with Gasteiger partial charge in [-0.3, -0.25) is 4.55 Å². The Morgan fingerprint density at radius 2 is 1.80 bits per heavy atom. The van der Waals surface area contributed by atoms with Gasteiger partial charge in [-0.05, 0) is 18.2 Å². The highest BCUT2D eigenvalue weighted by atomic mass is 32.3. The maximum atomic E-state index is 10.7. The van der Waals surface area contributed by atoms with Crippen LogP contribution in [0.3, 0.4) is 0 Å². The van der Waals surface area contributed by atoms with Crippen LogP contribution in [-0.4, -0.2) is 70.1 Å². The predicted octanol–water partition coefficient (Wildman–Crippen LogP) is 1.01. The monoisotopic (exact) mass is 374 g/mol. The molecule has 2 aliphatic rings. The number of rotatable bonds is 7. The largest absolute Gasteiger partial charge is 0.486 e. The van der Waals surface area contributed by atoms with E-state index in [-0.39, 0.29) is 6.61 Å². The molecule has 1 N–H and O–H groups in total. The lowest BCUT2D eigenvalue weighted by molar-refractivity contribution is -0.947. The van der Waals surface area contributed by atoms with Crippen molar-refractivity contribution in [2.45, 2.75) is 13.0 Å². The van der Waals surface area contributed by atoms with E-state index in [1.165, 1.54) is 0 Å². The van der Waals surface area contributed by atoms with Crippen LogP contribution in [0, 0.1) is 0 Å². The topological polar surface area (TPSA) is 91.3 Å². The van der Waals surface area contributed by atoms with E-state index in [9.17, 15) is 8.42 Å². The van der Waals surface area contributed by atoms with E-state index in [0.29, 0.717) is 32.8 Å². The lowest BCUT2D eigenvalue weighted by Crippen LogP contribution is -2.55. The fourth-order valence-corrected chi connectivity index (χ4v) is 3.66. The normalized spacial score (nSPS) is 19.6. The minimum absolute atomic E-state index is 0.0270. The van der Waals surface area contributed by atoms with Gasteiger partial charge >= 0.3 is 10.4 Å². The van der Waals surface area contributed by atoms with Gasteiger partial charge in [0.25, 0.3) is 0 Å². The third kappa shape index (κ3) is 5.29. The molecular weight excluding hydrogens is 350 g/mol. The van der Waals surface area contributed by atoms with Crippen molar-refractivity contribution in [1.29, 1.82) is 0 Å². The number of hydrogen-bond acceptors (Lipinski definition) is 6. The molecule has 1 aromatic carbocycles. The van der Waals surface area contributed by atoms with Crippen molar-refractivity contribution in [2.75, 3.05) is 52.7 Å². The van der Waals surface area contributed by atoms with Gasteiger partial charge in [0, 0.05) is 12.0 Å². The molecule has 1 fully saturated rings. The Morgan fingerprint density at radius 1 is 1.08 bits per heavy atom. The lowest BCUT2D eigenvalue weighted by atomic mass is 10.1. The Morgan fingerprint density at radius 3 is 2.52 bits per heavy atom. The first-order valence-electron chi connectivity index (χ1n) is 8.39. The van der Waals surface area contributed by atoms with Crippen LogP contribution in [0.1, 0.15) is 12.0 Å². The Bertz CT molecular complexity index is 686. The van der Waals surface area contributed by atoms with E-state index in [4.69, 9.17) is 18.8 Å². The van der Waals surface area contributed by atoms with Crippen LogP contribution in [0.2, 0.25) is 0 Å². The minimum atomic E-state index is -4.38. The van der Waals surface area contributed by atoms with Crippen LogP contribution in [0.5, 0.6) is 11.5 Å². The minimum Gasteiger partial charge on any atom is -0.486 e. The van der Waals surface area contributed by atoms with Crippen molar-refractivity contribution in [3.05, 3.63) is 23.8 Å². The molecule has 0 unspecified atom stereocenters. The summed E-state index contributed by atoms with van der Waals surface area (Å²) < 4.78 is 51.9. The second-order valence-electron chi connectivity index (χ2n) is 6.36. The molecule has 140 valence electrons. The molecule has 0 atom stereocenters. The van der Waals surface area contributed by atoms with Gasteiger partial charge in [-0.15, -0.1) is 0 Å². The zero-order chi connectivity index (χ0) is 17.8. The smallest absolute Gasteiger partial charge is 0.397 e. The molecule has 2 aliphatic heterocycles. The van der Waals surface area contributed by atoms with Crippen molar-refractivity contribution >= 4 is 10.4 Å². The maximum absolute atomic E-state index is 10.7. The molecule has 8 nitrogen and oxygen atoms in total. The molecular formula is C16H24NO7S+. The number of fused-ring (bicyclic) bond motifs is 1. The van der Waals surface area contributed by atoms with E-state index >= 15 is 0 Å². The highest BCUT2D eigenvalue weighted by Crippen LogP contribution is 2.32. The number of hydrogen-bond donors (Lipinski definition) is 1. The molecule has 0 saturated carbocycles. The molecule has 0 aliphatic carbocycles. The molecule has 1 saturated heterocycles. The van der Waals surface area contributed by atoms with Gasteiger partial charge in [0.05, 0.1) is 26.4 Å². The fourth-order valence-electron chi connectivity index (χ4n) is 3.33. The summed E-state index contributed by atoms with van der Waals surface area (Å²) in [5.41, 5.74) is 1.14. The molecule has 0 amide bonds. The fraction of sp³-hybridized carbons (Fsp3) is 0.625. The summed E-state index contributed by atoms with van der Waals surface area (Å²) >= 11 is 0. The summed E-state index contributed by atoms with van der Waals surface area (Å²) in [5, 5.41) is 0. The van der Waals surface area contributed by atoms with Gasteiger partial charge in [-0.25, -0.2) is 4.18 Å². The first-order chi connectivity index (χ1) is 12.0. The highest BCUT2D eigenvalue weighted by molar-refractivity contribution is 7.80. The lowest BCUT2D eigenvalue weighted by Gasteiger charge is -2.41. The third-order valence-corrected chi connectivity index (χ3v) is 5.02. The van der Waals surface area contributed by atoms with E-state index in [1.54, 1.807) is 0 Å². The first kappa shape index (κ1) is 18.4. The van der Waals surface area contributed by atoms with Crippen LogP contribution in [0.15, 0.2) is 18.2 Å². The molecule has 0 spiro atoms. The van der Waals surface area contributed by atoms with Crippen molar-refractivity contribution in [1.82, 2.24) is 0 Å². The number of ether oxygens (including phenoxy) is 3. The van der Waals surface area contributed by atoms with Crippen LogP contribution in [0.25, 0.3) is 0 Å². The summed E-state index contributed by atoms with van der Waals surface area (Å²) in [5.74, 6) is 1.54. The summed E-state index contributed by atoms with van der Waals surface area (Å²) in [6.07, 6.45) is 0.532. The molecule has 2 heterocycles. The van der Waals surface area contributed by atoms with Gasteiger partial charge in [-0.1, -0.05) is 0 Å². The van der Waals surface area contributed by atoms with Crippen LogP contribution < -0.4 is 9.47 Å². The Balaban J connectivity index is 1.65. The number of quaternary nitrogens is 1. The molecule has 3 rings (SSSR count). The van der Waals surface area contributed by atoms with Crippen LogP contribution in [-0.2, 0) is 25.9 Å². The number of benzene rings is 1. The summed E-state index contributed by atoms with van der Waals surface area (Å²) in [4.78, 5) is 0. The predicted molar refractivity (Wildman–Crippen MR) is 88.9 cm³/mol. The quantitative estimate of drug-likeness (QED) is 0.433. The Labute approximate surface area is 147 Å². The summed E-state index contributed by atoms with van der Waals surface area (Å²) in [7, 11) is -4.38. The van der Waals surface area contributed by atoms with Gasteiger partial charge in [0.15, 0.2) is 11.5 Å². The van der Waals surface area contributed by atoms with Gasteiger partial charge < -0.3 is 18.7 Å². The maximum Gasteiger partial charge on any atom is 0.397 e. The molecule has 0 bridgehead atoms. The van der Waals surface area contributed by atoms with Crippen molar-refractivity contribution in [2.24, 2.45) is 0 Å². The zero-order valence-electron chi connectivity index (χ0n) is 14.1. The SMILES string of the molecule is O=S(=O)(O)OCCC[N+]1(Cc2ccc3c(c2)OCCO3)CCOCC1. The average molecular weight is 374 g/mol. The van der Waals surface area contributed by atoms with E-state index in [0.717, 1.165) is 47.7 Å². The van der Waals surface area contributed by atoms with Gasteiger partial charge in [-0.2, -0.15) is 8.42 Å². The highest BCUT2D eigenvalue weighted by Gasteiger charge is 2.31. The average Bonchev–Trinajstić information content (AvgIpc) is 2.59. The van der Waals surface area contributed by atoms with Crippen LogP contribution in [0.4, 0.5) is 0 Å². The van der Waals surface area contributed by atoms with Crippen molar-refractivity contribution in [3.8, 4) is 11.5 Å². The first-order valence-corrected chi connectivity index (χ1v) is 9.76. The molecule has 25 heavy (non-hydrogen) atoms. The second kappa shape index (κ2) is 7.88. The standard InChI is InChI=1S/C16H23NO7S/c18-25(19,20)24-7-1-4-17(5-8-21-9-6-17)13-14-2-3-15-16(12-14)23-11-10-22-15/h2-3,12H,1,4-11,13H2/p+1. The van der Waals surface area contributed by atoms with E-state index in [1.807, 2.05) is 18.2 Å². The zero-order valence-corrected chi connectivity index (χ0v) is 14.9. The van der Waals surface area contributed by atoms with E-state index in [2.05, 4.69) is 4.18 Å². The Hall–Kier alpha value is -1.39. The molecule has 1 aromatic rings. The summed E-state index contributed by atoms with van der Waals surface area (Å²) in [6.45, 7) is 5.67. The van der Waals surface area contributed by atoms with Crippen LogP contribution >= 0.6 is 0 Å². The number of morpholine rings is 1. The molecule has 0 radical (unpaired) electrons. The number of nitrogens with zero attached hydrogens (tertiary/aromatic N) is 1. The van der Waals surface area contributed by atoms with E-state index < -0.39 is 10.4 Å². The van der Waals surface area contributed by atoms with Crippen molar-refractivity contribution in [3.63, 3.8) is 0 Å². The molecule has 0 aromatic heterocycles. The summed E-state index contributed by atoms with van der Waals surface area (Å²) in [6, 6.07) is 5.98. The Kier molecular flexibility index (Phi) is 5.80. The van der Waals surface area contributed by atoms with Crippen molar-refractivity contribution < 1.29 is 35.8 Å². The van der Waals surface area contributed by atoms with Gasteiger partial charge in [0.1, 0.15) is 32.8 Å².